The van der Waals surface area contributed by atoms with Crippen molar-refractivity contribution in [2.24, 2.45) is 0 Å². The minimum atomic E-state index is -0.570. The van der Waals surface area contributed by atoms with Crippen LogP contribution in [0.4, 0.5) is 11.5 Å². The monoisotopic (exact) mass is 360 g/mol. The molecule has 0 saturated heterocycles. The van der Waals surface area contributed by atoms with Crippen molar-refractivity contribution < 1.29 is 9.72 Å². The molecule has 0 unspecified atom stereocenters. The minimum Gasteiger partial charge on any atom is -0.308 e. The van der Waals surface area contributed by atoms with E-state index in [2.05, 4.69) is 15.5 Å². The number of rotatable bonds is 6. The van der Waals surface area contributed by atoms with Crippen LogP contribution in [0.25, 0.3) is 0 Å². The summed E-state index contributed by atoms with van der Waals surface area (Å²) < 4.78 is 2.87. The van der Waals surface area contributed by atoms with Gasteiger partial charge in [-0.25, -0.2) is 0 Å². The molecule has 1 aromatic carbocycles. The van der Waals surface area contributed by atoms with Gasteiger partial charge in [0.15, 0.2) is 5.82 Å². The maximum Gasteiger partial charge on any atom is 0.307 e. The normalized spacial score (nSPS) is 10.6. The van der Waals surface area contributed by atoms with Crippen molar-refractivity contribution in [2.75, 3.05) is 5.32 Å². The summed E-state index contributed by atoms with van der Waals surface area (Å²) in [7, 11) is 0. The summed E-state index contributed by atoms with van der Waals surface area (Å²) in [4.78, 5) is 22.0. The highest BCUT2D eigenvalue weighted by molar-refractivity contribution is 6.30. The molecular weight excluding hydrogens is 348 g/mol. The van der Waals surface area contributed by atoms with Gasteiger partial charge >= 0.3 is 5.69 Å². The number of halogens is 1. The zero-order chi connectivity index (χ0) is 17.8. The molecule has 0 atom stereocenters. The van der Waals surface area contributed by atoms with Crippen molar-refractivity contribution in [1.82, 2.24) is 19.6 Å². The van der Waals surface area contributed by atoms with E-state index in [1.54, 1.807) is 29.1 Å². The van der Waals surface area contributed by atoms with Crippen molar-refractivity contribution >= 4 is 29.0 Å². The lowest BCUT2D eigenvalue weighted by Gasteiger charge is -2.03. The van der Waals surface area contributed by atoms with Gasteiger partial charge in [-0.3, -0.25) is 24.3 Å². The Bertz CT molecular complexity index is 902. The van der Waals surface area contributed by atoms with Crippen molar-refractivity contribution in [2.45, 2.75) is 13.1 Å². The highest BCUT2D eigenvalue weighted by atomic mass is 35.5. The maximum absolute atomic E-state index is 12.0. The second kappa shape index (κ2) is 7.14. The number of anilines is 1. The molecule has 0 aliphatic rings. The zero-order valence-corrected chi connectivity index (χ0v) is 13.6. The first kappa shape index (κ1) is 16.7. The lowest BCUT2D eigenvalue weighted by atomic mass is 10.2. The predicted octanol–water partition coefficient (Wildman–Crippen LogP) is 2.33. The summed E-state index contributed by atoms with van der Waals surface area (Å²) in [5.41, 5.74) is 0.856. The number of carbonyl (C=O) groups excluding carboxylic acids is 1. The highest BCUT2D eigenvalue weighted by Crippen LogP contribution is 2.12. The molecule has 0 saturated carbocycles. The van der Waals surface area contributed by atoms with Crippen LogP contribution in [-0.4, -0.2) is 30.4 Å². The summed E-state index contributed by atoms with van der Waals surface area (Å²) in [6.07, 6.45) is 4.02. The summed E-state index contributed by atoms with van der Waals surface area (Å²) in [6, 6.07) is 9.05. The van der Waals surface area contributed by atoms with Crippen LogP contribution in [0.2, 0.25) is 5.02 Å². The number of nitro groups is 1. The quantitative estimate of drug-likeness (QED) is 0.536. The van der Waals surface area contributed by atoms with Gasteiger partial charge in [-0.1, -0.05) is 23.7 Å². The molecule has 0 spiro atoms. The smallest absolute Gasteiger partial charge is 0.307 e. The van der Waals surface area contributed by atoms with E-state index in [1.165, 1.54) is 10.9 Å². The van der Waals surface area contributed by atoms with Crippen LogP contribution in [0.3, 0.4) is 0 Å². The first-order chi connectivity index (χ1) is 12.0. The van der Waals surface area contributed by atoms with Gasteiger partial charge in [0.1, 0.15) is 18.9 Å². The Morgan fingerprint density at radius 3 is 2.68 bits per heavy atom. The van der Waals surface area contributed by atoms with Gasteiger partial charge in [0.05, 0.1) is 11.5 Å². The third kappa shape index (κ3) is 4.42. The molecule has 0 radical (unpaired) electrons. The number of hydrogen-bond acceptors (Lipinski definition) is 5. The van der Waals surface area contributed by atoms with Crippen LogP contribution in [0, 0.1) is 10.1 Å². The SMILES string of the molecule is O=C(Cn1cc([N+](=O)[O-])cn1)Nc1ccn(Cc2ccc(Cl)cc2)n1. The van der Waals surface area contributed by atoms with Gasteiger partial charge in [-0.15, -0.1) is 0 Å². The maximum atomic E-state index is 12.0. The van der Waals surface area contributed by atoms with E-state index >= 15 is 0 Å². The molecule has 10 heteroatoms. The van der Waals surface area contributed by atoms with E-state index in [0.29, 0.717) is 17.4 Å². The third-order valence-corrected chi connectivity index (χ3v) is 3.55. The van der Waals surface area contributed by atoms with Crippen LogP contribution in [0.5, 0.6) is 0 Å². The van der Waals surface area contributed by atoms with Gasteiger partial charge < -0.3 is 5.32 Å². The number of aromatic nitrogens is 4. The topological polar surface area (TPSA) is 108 Å². The molecule has 2 heterocycles. The summed E-state index contributed by atoms with van der Waals surface area (Å²) in [5, 5.41) is 21.9. The predicted molar refractivity (Wildman–Crippen MR) is 90.3 cm³/mol. The summed E-state index contributed by atoms with van der Waals surface area (Å²) >= 11 is 5.85. The van der Waals surface area contributed by atoms with Crippen molar-refractivity contribution in [3.63, 3.8) is 0 Å². The van der Waals surface area contributed by atoms with Crippen molar-refractivity contribution in [3.8, 4) is 0 Å². The molecule has 0 aliphatic heterocycles. The molecule has 3 rings (SSSR count). The van der Waals surface area contributed by atoms with Gasteiger partial charge in [-0.05, 0) is 17.7 Å². The van der Waals surface area contributed by atoms with Crippen molar-refractivity contribution in [3.05, 3.63) is 69.6 Å². The number of amides is 1. The van der Waals surface area contributed by atoms with Crippen LogP contribution in [-0.2, 0) is 17.9 Å². The van der Waals surface area contributed by atoms with E-state index in [1.807, 2.05) is 12.1 Å². The fourth-order valence-electron chi connectivity index (χ4n) is 2.16. The molecule has 0 fully saturated rings. The summed E-state index contributed by atoms with van der Waals surface area (Å²) in [6.45, 7) is 0.399. The first-order valence-electron chi connectivity index (χ1n) is 7.24. The van der Waals surface area contributed by atoms with E-state index < -0.39 is 4.92 Å². The molecule has 3 aromatic rings. The Morgan fingerprint density at radius 2 is 2.00 bits per heavy atom. The van der Waals surface area contributed by atoms with Crippen LogP contribution in [0.1, 0.15) is 5.56 Å². The molecule has 128 valence electrons. The Balaban J connectivity index is 1.57. The van der Waals surface area contributed by atoms with E-state index in [0.717, 1.165) is 11.8 Å². The van der Waals surface area contributed by atoms with Crippen LogP contribution < -0.4 is 5.32 Å². The zero-order valence-electron chi connectivity index (χ0n) is 12.9. The second-order valence-corrected chi connectivity index (χ2v) is 5.66. The van der Waals surface area contributed by atoms with Gasteiger partial charge in [0.2, 0.25) is 5.91 Å². The van der Waals surface area contributed by atoms with Crippen molar-refractivity contribution in [1.29, 1.82) is 0 Å². The summed E-state index contributed by atoms with van der Waals surface area (Å²) in [5.74, 6) is 0.00959. The fraction of sp³-hybridized carbons (Fsp3) is 0.133. The Labute approximate surface area is 147 Å². The number of nitrogens with one attached hydrogen (secondary N) is 1. The van der Waals surface area contributed by atoms with Crippen LogP contribution in [0.15, 0.2) is 48.9 Å². The average molecular weight is 361 g/mol. The number of nitrogens with zero attached hydrogens (tertiary/aromatic N) is 5. The lowest BCUT2D eigenvalue weighted by Crippen LogP contribution is -2.19. The van der Waals surface area contributed by atoms with Crippen LogP contribution >= 0.6 is 11.6 Å². The van der Waals surface area contributed by atoms with E-state index in [9.17, 15) is 14.9 Å². The average Bonchev–Trinajstić information content (AvgIpc) is 3.19. The number of carbonyl (C=O) groups is 1. The second-order valence-electron chi connectivity index (χ2n) is 5.23. The molecular formula is C15H13ClN6O3. The molecule has 1 N–H and O–H groups in total. The Hall–Kier alpha value is -3.20. The number of benzene rings is 1. The molecule has 2 aromatic heterocycles. The molecule has 25 heavy (non-hydrogen) atoms. The van der Waals surface area contributed by atoms with Gasteiger partial charge in [0, 0.05) is 17.3 Å². The minimum absolute atomic E-state index is 0.141. The molecule has 0 aliphatic carbocycles. The number of hydrogen-bond donors (Lipinski definition) is 1. The third-order valence-electron chi connectivity index (χ3n) is 3.30. The Kier molecular flexibility index (Phi) is 4.75. The van der Waals surface area contributed by atoms with E-state index in [-0.39, 0.29) is 18.1 Å². The van der Waals surface area contributed by atoms with Gasteiger partial charge in [0.25, 0.3) is 0 Å². The first-order valence-corrected chi connectivity index (χ1v) is 7.62. The molecule has 1 amide bonds. The fourth-order valence-corrected chi connectivity index (χ4v) is 2.28. The molecule has 0 bridgehead atoms. The largest absolute Gasteiger partial charge is 0.308 e. The van der Waals surface area contributed by atoms with Gasteiger partial charge in [-0.2, -0.15) is 10.2 Å². The Morgan fingerprint density at radius 1 is 1.24 bits per heavy atom. The highest BCUT2D eigenvalue weighted by Gasteiger charge is 2.12. The standard InChI is InChI=1S/C15H13ClN6O3/c16-12-3-1-11(2-4-12)8-20-6-5-14(19-20)18-15(23)10-21-9-13(7-17-21)22(24)25/h1-7,9H,8,10H2,(H,18,19,23). The van der Waals surface area contributed by atoms with E-state index in [4.69, 9.17) is 11.6 Å². The lowest BCUT2D eigenvalue weighted by molar-refractivity contribution is -0.385. The molecule has 9 nitrogen and oxygen atoms in total.